The number of carbonyl (C=O) groups is 2. The summed E-state index contributed by atoms with van der Waals surface area (Å²) in [6, 6.07) is 10.1. The van der Waals surface area contributed by atoms with E-state index in [0.29, 0.717) is 41.0 Å². The summed E-state index contributed by atoms with van der Waals surface area (Å²) in [5.74, 6) is 2.65. The smallest absolute Gasteiger partial charge is 0.332 e. The Morgan fingerprint density at radius 3 is 2.35 bits per heavy atom. The number of allylic oxidation sites excluding steroid dienone is 1. The van der Waals surface area contributed by atoms with Crippen LogP contribution < -0.4 is 10.6 Å². The SMILES string of the molecule is CN1C(=O)N(c2c(F)cc(C#Cc3ccccc3)cc2F)C(=O)C[C@]12CCCCC(N)=C2C=N. The maximum absolute atomic E-state index is 15.1. The van der Waals surface area contributed by atoms with Crippen LogP contribution in [0.15, 0.2) is 53.7 Å². The van der Waals surface area contributed by atoms with Crippen LogP contribution >= 0.6 is 0 Å². The Labute approximate surface area is 196 Å². The predicted octanol–water partition coefficient (Wildman–Crippen LogP) is 4.33. The first-order chi connectivity index (χ1) is 16.3. The van der Waals surface area contributed by atoms with Crippen LogP contribution in [0, 0.1) is 28.9 Å². The Kier molecular flexibility index (Phi) is 6.20. The fraction of sp³-hybridized carbons (Fsp3) is 0.269. The van der Waals surface area contributed by atoms with E-state index in [-0.39, 0.29) is 12.0 Å². The number of likely N-dealkylation sites (N-methyl/N-ethyl adjacent to an activating group) is 1. The van der Waals surface area contributed by atoms with Crippen LogP contribution in [-0.2, 0) is 4.79 Å². The van der Waals surface area contributed by atoms with Gasteiger partial charge < -0.3 is 16.0 Å². The van der Waals surface area contributed by atoms with Crippen molar-refractivity contribution in [1.29, 1.82) is 5.41 Å². The van der Waals surface area contributed by atoms with Gasteiger partial charge in [-0.25, -0.2) is 18.5 Å². The lowest BCUT2D eigenvalue weighted by molar-refractivity contribution is -0.121. The molecule has 0 saturated carbocycles. The van der Waals surface area contributed by atoms with E-state index < -0.39 is 34.8 Å². The summed E-state index contributed by atoms with van der Waals surface area (Å²) in [7, 11) is 1.47. The molecule has 1 aliphatic heterocycles. The number of carbonyl (C=O) groups excluding carboxylic acids is 2. The number of rotatable bonds is 2. The first-order valence-corrected chi connectivity index (χ1v) is 10.9. The van der Waals surface area contributed by atoms with Crippen LogP contribution in [0.25, 0.3) is 0 Å². The van der Waals surface area contributed by atoms with Crippen molar-refractivity contribution in [3.05, 3.63) is 76.5 Å². The molecule has 2 aromatic rings. The van der Waals surface area contributed by atoms with Crippen molar-refractivity contribution in [2.24, 2.45) is 5.73 Å². The average Bonchev–Trinajstić information content (AvgIpc) is 2.97. The number of imide groups is 1. The maximum Gasteiger partial charge on any atom is 0.332 e. The van der Waals surface area contributed by atoms with Gasteiger partial charge in [-0.2, -0.15) is 0 Å². The second kappa shape index (κ2) is 9.10. The highest BCUT2D eigenvalue weighted by atomic mass is 19.1. The zero-order valence-corrected chi connectivity index (χ0v) is 18.7. The zero-order valence-electron chi connectivity index (χ0n) is 18.7. The van der Waals surface area contributed by atoms with Gasteiger partial charge in [0.25, 0.3) is 0 Å². The molecule has 3 N–H and O–H groups in total. The lowest BCUT2D eigenvalue weighted by Crippen LogP contribution is -2.64. The van der Waals surface area contributed by atoms with Crippen LogP contribution in [0.2, 0.25) is 0 Å². The fourth-order valence-corrected chi connectivity index (χ4v) is 4.69. The molecule has 2 aromatic carbocycles. The number of benzene rings is 2. The molecule has 1 atom stereocenters. The van der Waals surface area contributed by atoms with Gasteiger partial charge in [-0.05, 0) is 43.5 Å². The molecule has 3 amide bonds. The summed E-state index contributed by atoms with van der Waals surface area (Å²) in [6.07, 6.45) is 3.30. The summed E-state index contributed by atoms with van der Waals surface area (Å²) < 4.78 is 30.1. The number of amides is 3. The predicted molar refractivity (Wildman–Crippen MR) is 125 cm³/mol. The number of nitrogens with two attached hydrogens (primary N) is 1. The van der Waals surface area contributed by atoms with Crippen LogP contribution in [-0.4, -0.2) is 35.6 Å². The number of hydrogen-bond donors (Lipinski definition) is 2. The van der Waals surface area contributed by atoms with E-state index in [0.717, 1.165) is 24.8 Å². The van der Waals surface area contributed by atoms with Crippen molar-refractivity contribution in [2.45, 2.75) is 37.6 Å². The summed E-state index contributed by atoms with van der Waals surface area (Å²) in [6.45, 7) is 0. The van der Waals surface area contributed by atoms with Crippen molar-refractivity contribution in [3.63, 3.8) is 0 Å². The van der Waals surface area contributed by atoms with Gasteiger partial charge >= 0.3 is 6.03 Å². The third-order valence-electron chi connectivity index (χ3n) is 6.46. The first kappa shape index (κ1) is 23.2. The minimum absolute atomic E-state index is 0.0786. The fourth-order valence-electron chi connectivity index (χ4n) is 4.69. The lowest BCUT2D eigenvalue weighted by Gasteiger charge is -2.48. The number of anilines is 1. The Morgan fingerprint density at radius 2 is 1.71 bits per heavy atom. The first-order valence-electron chi connectivity index (χ1n) is 10.9. The summed E-state index contributed by atoms with van der Waals surface area (Å²) >= 11 is 0. The summed E-state index contributed by atoms with van der Waals surface area (Å²) in [5, 5.41) is 7.86. The molecule has 4 rings (SSSR count). The number of urea groups is 1. The van der Waals surface area contributed by atoms with Gasteiger partial charge in [-0.15, -0.1) is 0 Å². The summed E-state index contributed by atoms with van der Waals surface area (Å²) in [4.78, 5) is 28.3. The molecule has 0 aromatic heterocycles. The van der Waals surface area contributed by atoms with Crippen molar-refractivity contribution in [3.8, 4) is 11.8 Å². The largest absolute Gasteiger partial charge is 0.402 e. The van der Waals surface area contributed by atoms with E-state index in [2.05, 4.69) is 11.8 Å². The highest BCUT2D eigenvalue weighted by Gasteiger charge is 2.51. The highest BCUT2D eigenvalue weighted by molar-refractivity contribution is 6.17. The Morgan fingerprint density at radius 1 is 1.06 bits per heavy atom. The maximum atomic E-state index is 15.1. The van der Waals surface area contributed by atoms with E-state index in [9.17, 15) is 9.59 Å². The Bertz CT molecular complexity index is 1240. The van der Waals surface area contributed by atoms with Crippen LogP contribution in [0.5, 0.6) is 0 Å². The normalized spacial score (nSPS) is 20.8. The van der Waals surface area contributed by atoms with Gasteiger partial charge in [-0.3, -0.25) is 4.79 Å². The second-order valence-electron chi connectivity index (χ2n) is 8.47. The van der Waals surface area contributed by atoms with E-state index in [4.69, 9.17) is 11.1 Å². The molecule has 2 aliphatic rings. The molecule has 174 valence electrons. The molecule has 0 unspecified atom stereocenters. The molecule has 6 nitrogen and oxygen atoms in total. The van der Waals surface area contributed by atoms with Gasteiger partial charge in [0.2, 0.25) is 5.91 Å². The molecule has 1 spiro atoms. The van der Waals surface area contributed by atoms with E-state index in [1.807, 2.05) is 6.07 Å². The summed E-state index contributed by atoms with van der Waals surface area (Å²) in [5.41, 5.74) is 5.93. The van der Waals surface area contributed by atoms with E-state index in [1.54, 1.807) is 24.3 Å². The van der Waals surface area contributed by atoms with Gasteiger partial charge in [0.05, 0.1) is 12.0 Å². The van der Waals surface area contributed by atoms with Crippen LogP contribution in [0.1, 0.15) is 43.2 Å². The number of halogens is 2. The molecule has 8 heteroatoms. The van der Waals surface area contributed by atoms with Gasteiger partial charge in [0.1, 0.15) is 5.69 Å². The molecule has 0 radical (unpaired) electrons. The zero-order chi connectivity index (χ0) is 24.5. The topological polar surface area (TPSA) is 90.5 Å². The third-order valence-corrected chi connectivity index (χ3v) is 6.46. The van der Waals surface area contributed by atoms with Crippen LogP contribution in [0.3, 0.4) is 0 Å². The average molecular weight is 463 g/mol. The Hall–Kier alpha value is -3.99. The lowest BCUT2D eigenvalue weighted by atomic mass is 9.79. The minimum atomic E-state index is -1.11. The molecule has 0 bridgehead atoms. The molecule has 1 aliphatic carbocycles. The van der Waals surface area contributed by atoms with E-state index in [1.165, 1.54) is 11.9 Å². The quantitative estimate of drug-likeness (QED) is 0.514. The number of hydrogen-bond acceptors (Lipinski definition) is 4. The monoisotopic (exact) mass is 462 g/mol. The van der Waals surface area contributed by atoms with Crippen molar-refractivity contribution < 1.29 is 18.4 Å². The number of nitrogens with zero attached hydrogens (tertiary/aromatic N) is 2. The van der Waals surface area contributed by atoms with Gasteiger partial charge in [0, 0.05) is 35.7 Å². The Balaban J connectivity index is 1.71. The van der Waals surface area contributed by atoms with Crippen molar-refractivity contribution in [2.75, 3.05) is 11.9 Å². The van der Waals surface area contributed by atoms with Crippen LogP contribution in [0.4, 0.5) is 19.3 Å². The molecular weight excluding hydrogens is 438 g/mol. The highest BCUT2D eigenvalue weighted by Crippen LogP contribution is 2.42. The number of nitrogens with one attached hydrogen (secondary N) is 1. The molecule has 34 heavy (non-hydrogen) atoms. The van der Waals surface area contributed by atoms with E-state index >= 15 is 8.78 Å². The van der Waals surface area contributed by atoms with Crippen molar-refractivity contribution >= 4 is 23.8 Å². The second-order valence-corrected chi connectivity index (χ2v) is 8.47. The molecular formula is C26H24F2N4O2. The molecule has 1 saturated heterocycles. The molecule has 1 fully saturated rings. The van der Waals surface area contributed by atoms with Gasteiger partial charge in [-0.1, -0.05) is 36.5 Å². The third kappa shape index (κ3) is 3.94. The minimum Gasteiger partial charge on any atom is -0.402 e. The molecule has 1 heterocycles. The standard InChI is InChI=1S/C26H24F2N4O2/c1-31-25(34)32(23(33)15-26(31)12-6-5-9-22(30)19(26)16-29)24-20(27)13-18(14-21(24)28)11-10-17-7-3-2-4-8-17/h2-4,7-8,13-14,16,29H,5-6,9,12,15,30H2,1H3/t26-/m0/s1. The van der Waals surface area contributed by atoms with Crippen molar-refractivity contribution in [1.82, 2.24) is 4.90 Å². The van der Waals surface area contributed by atoms with Gasteiger partial charge in [0.15, 0.2) is 11.6 Å².